The second-order valence-electron chi connectivity index (χ2n) is 7.14. The van der Waals surface area contributed by atoms with Crippen LogP contribution in [0, 0.1) is 12.7 Å². The number of hydrogen-bond donors (Lipinski definition) is 1. The first-order chi connectivity index (χ1) is 13.5. The molecule has 1 fully saturated rings. The lowest BCUT2D eigenvalue weighted by atomic mass is 9.99. The average molecular weight is 384 g/mol. The maximum Gasteiger partial charge on any atom is 0.303 e. The summed E-state index contributed by atoms with van der Waals surface area (Å²) in [6.45, 7) is 4.40. The van der Waals surface area contributed by atoms with Gasteiger partial charge in [-0.15, -0.1) is 0 Å². The molecular formula is C22H25FN2O3. The number of piperazine rings is 1. The zero-order valence-electron chi connectivity index (χ0n) is 16.0. The molecule has 1 atom stereocenters. The molecule has 6 heteroatoms. The summed E-state index contributed by atoms with van der Waals surface area (Å²) in [6, 6.07) is 13.7. The van der Waals surface area contributed by atoms with Crippen molar-refractivity contribution in [2.24, 2.45) is 0 Å². The van der Waals surface area contributed by atoms with E-state index in [2.05, 4.69) is 4.90 Å². The molecule has 2 aromatic rings. The van der Waals surface area contributed by atoms with Crippen LogP contribution < -0.4 is 0 Å². The SMILES string of the molecule is Cc1ccccc1C(=O)N1CCN([C@@H](CCC(=O)O)c2ccc(F)cc2)CC1. The summed E-state index contributed by atoms with van der Waals surface area (Å²) in [6.07, 6.45) is 0.497. The van der Waals surface area contributed by atoms with Gasteiger partial charge in [-0.3, -0.25) is 14.5 Å². The third-order valence-electron chi connectivity index (χ3n) is 5.30. The van der Waals surface area contributed by atoms with Gasteiger partial charge in [-0.2, -0.15) is 0 Å². The second kappa shape index (κ2) is 8.97. The Labute approximate surface area is 164 Å². The predicted octanol–water partition coefficient (Wildman–Crippen LogP) is 3.50. The Morgan fingerprint density at radius 2 is 1.68 bits per heavy atom. The van der Waals surface area contributed by atoms with Crippen molar-refractivity contribution in [3.05, 3.63) is 71.0 Å². The Balaban J connectivity index is 1.69. The number of nitrogens with zero attached hydrogens (tertiary/aromatic N) is 2. The zero-order valence-corrected chi connectivity index (χ0v) is 16.0. The minimum Gasteiger partial charge on any atom is -0.481 e. The topological polar surface area (TPSA) is 60.9 Å². The maximum atomic E-state index is 13.3. The summed E-state index contributed by atoms with van der Waals surface area (Å²) >= 11 is 0. The number of carboxylic acid groups (broad SMARTS) is 1. The van der Waals surface area contributed by atoms with Crippen LogP contribution in [0.5, 0.6) is 0 Å². The Bertz CT molecular complexity index is 830. The number of carbonyl (C=O) groups excluding carboxylic acids is 1. The van der Waals surface area contributed by atoms with Gasteiger partial charge in [0, 0.05) is 44.2 Å². The number of carbonyl (C=O) groups is 2. The van der Waals surface area contributed by atoms with Gasteiger partial charge in [0.15, 0.2) is 0 Å². The Morgan fingerprint density at radius 3 is 2.29 bits per heavy atom. The average Bonchev–Trinajstić information content (AvgIpc) is 2.69. The van der Waals surface area contributed by atoms with Crippen LogP contribution in [0.15, 0.2) is 48.5 Å². The fourth-order valence-corrected chi connectivity index (χ4v) is 3.73. The first kappa shape index (κ1) is 20.0. The molecule has 0 aromatic heterocycles. The smallest absolute Gasteiger partial charge is 0.303 e. The van der Waals surface area contributed by atoms with E-state index in [4.69, 9.17) is 5.11 Å². The third kappa shape index (κ3) is 4.75. The summed E-state index contributed by atoms with van der Waals surface area (Å²) in [5.74, 6) is -1.13. The van der Waals surface area contributed by atoms with E-state index in [0.29, 0.717) is 32.6 Å². The number of halogens is 1. The third-order valence-corrected chi connectivity index (χ3v) is 5.30. The van der Waals surface area contributed by atoms with Crippen molar-refractivity contribution in [3.63, 3.8) is 0 Å². The van der Waals surface area contributed by atoms with Gasteiger partial charge >= 0.3 is 5.97 Å². The standard InChI is InChI=1S/C22H25FN2O3/c1-16-4-2-3-5-19(16)22(28)25-14-12-24(13-15-25)20(10-11-21(26)27)17-6-8-18(23)9-7-17/h2-9,20H,10-15H2,1H3,(H,26,27)/t20-/m0/s1. The van der Waals surface area contributed by atoms with Crippen LogP contribution in [0.3, 0.4) is 0 Å². The Hall–Kier alpha value is -2.73. The normalized spacial score (nSPS) is 16.0. The molecule has 0 bridgehead atoms. The van der Waals surface area contributed by atoms with Crippen LogP contribution >= 0.6 is 0 Å². The molecule has 1 saturated heterocycles. The van der Waals surface area contributed by atoms with Crippen LogP contribution in [0.4, 0.5) is 4.39 Å². The molecule has 5 nitrogen and oxygen atoms in total. The van der Waals surface area contributed by atoms with E-state index in [1.165, 1.54) is 12.1 Å². The summed E-state index contributed by atoms with van der Waals surface area (Å²) in [5, 5.41) is 9.09. The van der Waals surface area contributed by atoms with E-state index in [9.17, 15) is 14.0 Å². The van der Waals surface area contributed by atoms with E-state index in [1.54, 1.807) is 12.1 Å². The summed E-state index contributed by atoms with van der Waals surface area (Å²) in [4.78, 5) is 27.9. The van der Waals surface area contributed by atoms with Gasteiger partial charge in [0.25, 0.3) is 5.91 Å². The van der Waals surface area contributed by atoms with Gasteiger partial charge in [-0.05, 0) is 42.7 Å². The lowest BCUT2D eigenvalue weighted by Gasteiger charge is -2.39. The molecule has 2 aromatic carbocycles. The summed E-state index contributed by atoms with van der Waals surface area (Å²) in [7, 11) is 0. The molecule has 1 aliphatic rings. The number of carboxylic acids is 1. The van der Waals surface area contributed by atoms with E-state index < -0.39 is 5.97 Å². The lowest BCUT2D eigenvalue weighted by molar-refractivity contribution is -0.137. The summed E-state index contributed by atoms with van der Waals surface area (Å²) in [5.41, 5.74) is 2.58. The van der Waals surface area contributed by atoms with Crippen LogP contribution in [0.1, 0.15) is 40.4 Å². The van der Waals surface area contributed by atoms with E-state index in [-0.39, 0.29) is 24.2 Å². The van der Waals surface area contributed by atoms with Crippen molar-refractivity contribution < 1.29 is 19.1 Å². The van der Waals surface area contributed by atoms with Gasteiger partial charge in [-0.25, -0.2) is 4.39 Å². The monoisotopic (exact) mass is 384 g/mol. The van der Waals surface area contributed by atoms with Gasteiger partial charge in [0.2, 0.25) is 0 Å². The molecule has 1 amide bonds. The number of amides is 1. The van der Waals surface area contributed by atoms with Gasteiger partial charge in [-0.1, -0.05) is 30.3 Å². The van der Waals surface area contributed by atoms with Crippen molar-refractivity contribution >= 4 is 11.9 Å². The highest BCUT2D eigenvalue weighted by atomic mass is 19.1. The van der Waals surface area contributed by atoms with Crippen molar-refractivity contribution in [2.75, 3.05) is 26.2 Å². The zero-order chi connectivity index (χ0) is 20.1. The molecule has 0 unspecified atom stereocenters. The van der Waals surface area contributed by atoms with E-state index in [0.717, 1.165) is 16.7 Å². The molecular weight excluding hydrogens is 359 g/mol. The van der Waals surface area contributed by atoms with Crippen molar-refractivity contribution in [1.82, 2.24) is 9.80 Å². The molecule has 3 rings (SSSR count). The number of hydrogen-bond acceptors (Lipinski definition) is 3. The molecule has 28 heavy (non-hydrogen) atoms. The fourth-order valence-electron chi connectivity index (χ4n) is 3.73. The van der Waals surface area contributed by atoms with Crippen LogP contribution in [-0.2, 0) is 4.79 Å². The number of rotatable bonds is 6. The van der Waals surface area contributed by atoms with E-state index in [1.807, 2.05) is 36.1 Å². The molecule has 0 aliphatic carbocycles. The van der Waals surface area contributed by atoms with Gasteiger partial charge in [0.05, 0.1) is 0 Å². The van der Waals surface area contributed by atoms with Crippen molar-refractivity contribution in [1.29, 1.82) is 0 Å². The molecule has 0 spiro atoms. The first-order valence-corrected chi connectivity index (χ1v) is 9.52. The van der Waals surface area contributed by atoms with Crippen LogP contribution in [0.2, 0.25) is 0 Å². The molecule has 1 N–H and O–H groups in total. The second-order valence-corrected chi connectivity index (χ2v) is 7.14. The molecule has 0 saturated carbocycles. The molecule has 1 heterocycles. The molecule has 1 aliphatic heterocycles. The minimum absolute atomic E-state index is 0.0293. The van der Waals surface area contributed by atoms with E-state index >= 15 is 0 Å². The van der Waals surface area contributed by atoms with Gasteiger partial charge in [0.1, 0.15) is 5.82 Å². The lowest BCUT2D eigenvalue weighted by Crippen LogP contribution is -2.49. The van der Waals surface area contributed by atoms with Crippen molar-refractivity contribution in [2.45, 2.75) is 25.8 Å². The number of aliphatic carboxylic acids is 1. The Morgan fingerprint density at radius 1 is 1.04 bits per heavy atom. The highest BCUT2D eigenvalue weighted by Crippen LogP contribution is 2.27. The number of benzene rings is 2. The highest BCUT2D eigenvalue weighted by Gasteiger charge is 2.28. The predicted molar refractivity (Wildman–Crippen MR) is 105 cm³/mol. The first-order valence-electron chi connectivity index (χ1n) is 9.52. The Kier molecular flexibility index (Phi) is 6.41. The molecule has 148 valence electrons. The van der Waals surface area contributed by atoms with Crippen LogP contribution in [-0.4, -0.2) is 53.0 Å². The maximum absolute atomic E-state index is 13.3. The van der Waals surface area contributed by atoms with Crippen molar-refractivity contribution in [3.8, 4) is 0 Å². The summed E-state index contributed by atoms with van der Waals surface area (Å²) < 4.78 is 13.3. The highest BCUT2D eigenvalue weighted by molar-refractivity contribution is 5.95. The number of aryl methyl sites for hydroxylation is 1. The largest absolute Gasteiger partial charge is 0.481 e. The van der Waals surface area contributed by atoms with Gasteiger partial charge < -0.3 is 10.0 Å². The fraction of sp³-hybridized carbons (Fsp3) is 0.364. The van der Waals surface area contributed by atoms with Crippen LogP contribution in [0.25, 0.3) is 0 Å². The molecule has 0 radical (unpaired) electrons. The minimum atomic E-state index is -0.847. The quantitative estimate of drug-likeness (QED) is 0.828.